The van der Waals surface area contributed by atoms with Gasteiger partial charge in [0, 0.05) is 18.2 Å². The van der Waals surface area contributed by atoms with Crippen LogP contribution in [0.5, 0.6) is 0 Å². The molecule has 2 N–H and O–H groups in total. The number of piperidine rings is 1. The molecule has 0 amide bonds. The third-order valence-corrected chi connectivity index (χ3v) is 4.21. The molecular formula is C15H18F3N3O2. The second-order valence-corrected chi connectivity index (χ2v) is 5.82. The fraction of sp³-hybridized carbons (Fsp3) is 0.533. The van der Waals surface area contributed by atoms with Crippen molar-refractivity contribution in [2.45, 2.75) is 31.0 Å². The quantitative estimate of drug-likeness (QED) is 0.905. The molecule has 3 rings (SSSR count). The maximum atomic E-state index is 12.4. The molecule has 0 saturated carbocycles. The smallest absolute Gasteiger partial charge is 0.415 e. The Kier molecular flexibility index (Phi) is 4.45. The Labute approximate surface area is 131 Å². The Hall–Kier alpha value is -1.80. The van der Waals surface area contributed by atoms with Crippen molar-refractivity contribution >= 4 is 0 Å². The number of halogens is 3. The summed E-state index contributed by atoms with van der Waals surface area (Å²) in [5.74, 6) is 0.906. The Balaban J connectivity index is 1.55. The molecule has 2 aromatic rings. The number of hydrogen-bond acceptors (Lipinski definition) is 4. The van der Waals surface area contributed by atoms with Gasteiger partial charge < -0.3 is 14.4 Å². The van der Waals surface area contributed by atoms with Gasteiger partial charge in [0.2, 0.25) is 0 Å². The summed E-state index contributed by atoms with van der Waals surface area (Å²) < 4.78 is 42.4. The maximum absolute atomic E-state index is 12.4. The first-order valence-electron chi connectivity index (χ1n) is 7.50. The van der Waals surface area contributed by atoms with Gasteiger partial charge in [-0.05, 0) is 44.1 Å². The van der Waals surface area contributed by atoms with E-state index in [1.165, 1.54) is 0 Å². The monoisotopic (exact) mass is 329 g/mol. The fourth-order valence-electron chi connectivity index (χ4n) is 2.87. The topological polar surface area (TPSA) is 65.3 Å². The van der Waals surface area contributed by atoms with Crippen LogP contribution in [0.2, 0.25) is 0 Å². The van der Waals surface area contributed by atoms with Crippen LogP contribution < -0.4 is 0 Å². The van der Waals surface area contributed by atoms with E-state index in [0.29, 0.717) is 18.8 Å². The third kappa shape index (κ3) is 3.76. The highest BCUT2D eigenvalue weighted by Crippen LogP contribution is 2.30. The number of likely N-dealkylation sites (tertiary alicyclic amines) is 1. The Morgan fingerprint density at radius 2 is 2.13 bits per heavy atom. The number of rotatable bonds is 4. The van der Waals surface area contributed by atoms with E-state index in [9.17, 15) is 13.2 Å². The predicted octanol–water partition coefficient (Wildman–Crippen LogP) is 2.77. The summed E-state index contributed by atoms with van der Waals surface area (Å²) in [7, 11) is 0. The summed E-state index contributed by atoms with van der Waals surface area (Å²) in [6.07, 6.45) is -3.81. The number of β-amino-alcohol motifs (C(OH)–C–C–N with tert-alkyl or cyclic N) is 1. The SMILES string of the molecule is OC(CN1CCC(c2cc(-c3ccco3)n[nH]2)CC1)C(F)(F)F. The minimum Gasteiger partial charge on any atom is -0.463 e. The predicted molar refractivity (Wildman–Crippen MR) is 76.8 cm³/mol. The lowest BCUT2D eigenvalue weighted by atomic mass is 9.93. The fourth-order valence-corrected chi connectivity index (χ4v) is 2.87. The molecule has 0 aromatic carbocycles. The van der Waals surface area contributed by atoms with Gasteiger partial charge in [0.15, 0.2) is 11.9 Å². The molecule has 0 bridgehead atoms. The number of alkyl halides is 3. The molecule has 5 nitrogen and oxygen atoms in total. The van der Waals surface area contributed by atoms with Gasteiger partial charge in [-0.3, -0.25) is 5.10 Å². The largest absolute Gasteiger partial charge is 0.463 e. The van der Waals surface area contributed by atoms with E-state index in [1.54, 1.807) is 17.2 Å². The molecule has 1 aliphatic heterocycles. The average Bonchev–Trinajstić information content (AvgIpc) is 3.18. The normalized spacial score (nSPS) is 19.1. The number of aromatic nitrogens is 2. The van der Waals surface area contributed by atoms with E-state index in [4.69, 9.17) is 9.52 Å². The van der Waals surface area contributed by atoms with E-state index >= 15 is 0 Å². The number of aromatic amines is 1. The van der Waals surface area contributed by atoms with Crippen molar-refractivity contribution in [3.8, 4) is 11.5 Å². The second kappa shape index (κ2) is 6.37. The maximum Gasteiger partial charge on any atom is 0.415 e. The number of aliphatic hydroxyl groups excluding tert-OH is 1. The number of H-pyrrole nitrogens is 1. The first-order chi connectivity index (χ1) is 10.9. The van der Waals surface area contributed by atoms with Crippen LogP contribution in [0.15, 0.2) is 28.9 Å². The number of furan rings is 1. The zero-order valence-corrected chi connectivity index (χ0v) is 12.4. The van der Waals surface area contributed by atoms with Crippen LogP contribution in [0, 0.1) is 0 Å². The minimum atomic E-state index is -4.56. The highest BCUT2D eigenvalue weighted by molar-refractivity contribution is 5.52. The Morgan fingerprint density at radius 3 is 2.74 bits per heavy atom. The van der Waals surface area contributed by atoms with Crippen LogP contribution in [-0.4, -0.2) is 52.1 Å². The number of nitrogens with one attached hydrogen (secondary N) is 1. The molecule has 1 fully saturated rings. The van der Waals surface area contributed by atoms with Gasteiger partial charge in [0.1, 0.15) is 5.69 Å². The highest BCUT2D eigenvalue weighted by atomic mass is 19.4. The summed E-state index contributed by atoms with van der Waals surface area (Å²) in [4.78, 5) is 1.65. The molecule has 1 aliphatic rings. The number of hydrogen-bond donors (Lipinski definition) is 2. The van der Waals surface area contributed by atoms with Gasteiger partial charge in [-0.15, -0.1) is 0 Å². The lowest BCUT2D eigenvalue weighted by Gasteiger charge is -2.33. The van der Waals surface area contributed by atoms with Crippen LogP contribution in [0.4, 0.5) is 13.2 Å². The molecule has 1 atom stereocenters. The molecule has 0 radical (unpaired) electrons. The van der Waals surface area contributed by atoms with Crippen LogP contribution in [-0.2, 0) is 0 Å². The molecule has 8 heteroatoms. The molecule has 1 saturated heterocycles. The van der Waals surface area contributed by atoms with Crippen molar-refractivity contribution in [2.24, 2.45) is 0 Å². The van der Waals surface area contributed by atoms with Crippen LogP contribution in [0.25, 0.3) is 11.5 Å². The van der Waals surface area contributed by atoms with E-state index in [1.807, 2.05) is 12.1 Å². The highest BCUT2D eigenvalue weighted by Gasteiger charge is 2.39. The van der Waals surface area contributed by atoms with Gasteiger partial charge in [-0.2, -0.15) is 18.3 Å². The third-order valence-electron chi connectivity index (χ3n) is 4.21. The van der Waals surface area contributed by atoms with Crippen molar-refractivity contribution < 1.29 is 22.7 Å². The van der Waals surface area contributed by atoms with E-state index in [0.717, 1.165) is 24.2 Å². The molecule has 1 unspecified atom stereocenters. The Bertz CT molecular complexity index is 616. The lowest BCUT2D eigenvalue weighted by Crippen LogP contribution is -2.44. The van der Waals surface area contributed by atoms with Crippen molar-refractivity contribution in [3.05, 3.63) is 30.2 Å². The molecule has 0 aliphatic carbocycles. The molecule has 126 valence electrons. The minimum absolute atomic E-state index is 0.227. The van der Waals surface area contributed by atoms with Gasteiger partial charge in [0.25, 0.3) is 0 Å². The second-order valence-electron chi connectivity index (χ2n) is 5.82. The van der Waals surface area contributed by atoms with Crippen molar-refractivity contribution in [2.75, 3.05) is 19.6 Å². The molecule has 2 aromatic heterocycles. The molecule has 23 heavy (non-hydrogen) atoms. The summed E-state index contributed by atoms with van der Waals surface area (Å²) in [6, 6.07) is 5.53. The van der Waals surface area contributed by atoms with Crippen molar-refractivity contribution in [1.82, 2.24) is 15.1 Å². The zero-order chi connectivity index (χ0) is 16.4. The van der Waals surface area contributed by atoms with E-state index < -0.39 is 12.3 Å². The van der Waals surface area contributed by atoms with Crippen LogP contribution >= 0.6 is 0 Å². The van der Waals surface area contributed by atoms with Crippen molar-refractivity contribution in [1.29, 1.82) is 0 Å². The standard InChI is InChI=1S/C15H18F3N3O2/c16-15(17,18)14(22)9-21-5-3-10(4-6-21)11-8-12(20-19-11)13-2-1-7-23-13/h1-2,7-8,10,14,22H,3-6,9H2,(H,19,20). The number of nitrogens with zero attached hydrogens (tertiary/aromatic N) is 2. The van der Waals surface area contributed by atoms with Gasteiger partial charge in [-0.1, -0.05) is 0 Å². The van der Waals surface area contributed by atoms with E-state index in [2.05, 4.69) is 10.2 Å². The van der Waals surface area contributed by atoms with Gasteiger partial charge in [0.05, 0.1) is 6.26 Å². The molecule has 0 spiro atoms. The van der Waals surface area contributed by atoms with Crippen LogP contribution in [0.1, 0.15) is 24.5 Å². The lowest BCUT2D eigenvalue weighted by molar-refractivity contribution is -0.208. The summed E-state index contributed by atoms with van der Waals surface area (Å²) in [5.41, 5.74) is 1.69. The van der Waals surface area contributed by atoms with Gasteiger partial charge >= 0.3 is 6.18 Å². The summed E-state index contributed by atoms with van der Waals surface area (Å²) in [6.45, 7) is 0.677. The molecule has 3 heterocycles. The van der Waals surface area contributed by atoms with Crippen LogP contribution in [0.3, 0.4) is 0 Å². The number of aliphatic hydroxyl groups is 1. The van der Waals surface area contributed by atoms with Crippen molar-refractivity contribution in [3.63, 3.8) is 0 Å². The van der Waals surface area contributed by atoms with Gasteiger partial charge in [-0.25, -0.2) is 0 Å². The zero-order valence-electron chi connectivity index (χ0n) is 12.4. The summed E-state index contributed by atoms with van der Waals surface area (Å²) in [5, 5.41) is 16.3. The summed E-state index contributed by atoms with van der Waals surface area (Å²) >= 11 is 0. The Morgan fingerprint density at radius 1 is 1.39 bits per heavy atom. The average molecular weight is 329 g/mol. The molecular weight excluding hydrogens is 311 g/mol. The first kappa shape index (κ1) is 16.1. The van der Waals surface area contributed by atoms with E-state index in [-0.39, 0.29) is 12.5 Å². The first-order valence-corrected chi connectivity index (χ1v) is 7.50.